The zero-order valence-corrected chi connectivity index (χ0v) is 11.6. The Morgan fingerprint density at radius 1 is 1.26 bits per heavy atom. The molecule has 0 saturated heterocycles. The average Bonchev–Trinajstić information content (AvgIpc) is 2.33. The fourth-order valence-electron chi connectivity index (χ4n) is 2.04. The summed E-state index contributed by atoms with van der Waals surface area (Å²) in [7, 11) is 1.18. The number of benzene rings is 1. The van der Waals surface area contributed by atoms with Crippen LogP contribution in [0.15, 0.2) is 12.1 Å². The number of aliphatic hydroxyl groups is 1. The minimum absolute atomic E-state index is 0.168. The summed E-state index contributed by atoms with van der Waals surface area (Å²) in [6.07, 6.45) is -1.35. The van der Waals surface area contributed by atoms with E-state index in [9.17, 15) is 14.7 Å². The van der Waals surface area contributed by atoms with Crippen LogP contribution in [0.2, 0.25) is 0 Å². The fraction of sp³-hybridized carbons (Fsp3) is 0.429. The van der Waals surface area contributed by atoms with Crippen LogP contribution < -0.4 is 5.32 Å². The van der Waals surface area contributed by atoms with Crippen LogP contribution in [0.4, 0.5) is 0 Å². The Morgan fingerprint density at radius 2 is 1.79 bits per heavy atom. The fourth-order valence-corrected chi connectivity index (χ4v) is 2.04. The van der Waals surface area contributed by atoms with Crippen molar-refractivity contribution >= 4 is 11.9 Å². The first-order valence-corrected chi connectivity index (χ1v) is 5.98. The summed E-state index contributed by atoms with van der Waals surface area (Å²) in [5.41, 5.74) is 3.38. The Hall–Kier alpha value is -1.88. The zero-order valence-electron chi connectivity index (χ0n) is 11.6. The molecule has 0 saturated carbocycles. The van der Waals surface area contributed by atoms with E-state index in [1.807, 2.05) is 32.9 Å². The average molecular weight is 265 g/mol. The van der Waals surface area contributed by atoms with Crippen molar-refractivity contribution < 1.29 is 19.4 Å². The second kappa shape index (κ2) is 6.33. The first-order valence-electron chi connectivity index (χ1n) is 5.98. The predicted molar refractivity (Wildman–Crippen MR) is 71.0 cm³/mol. The van der Waals surface area contributed by atoms with Crippen LogP contribution >= 0.6 is 0 Å². The second-order valence-electron chi connectivity index (χ2n) is 4.52. The van der Waals surface area contributed by atoms with Gasteiger partial charge in [0.15, 0.2) is 6.10 Å². The third-order valence-electron chi connectivity index (χ3n) is 2.83. The number of ether oxygens (including phenoxy) is 1. The minimum atomic E-state index is -1.35. The molecule has 2 N–H and O–H groups in total. The molecule has 1 aromatic rings. The lowest BCUT2D eigenvalue weighted by molar-refractivity contribution is -0.149. The van der Waals surface area contributed by atoms with Crippen LogP contribution in [-0.2, 0) is 9.53 Å². The van der Waals surface area contributed by atoms with Crippen molar-refractivity contribution in [3.8, 4) is 0 Å². The molecule has 0 aliphatic rings. The van der Waals surface area contributed by atoms with E-state index in [0.717, 1.165) is 16.7 Å². The standard InChI is InChI=1S/C14H19NO4/c1-8-5-9(2)12(10(3)6-8)13(17)15-7-11(16)14(18)19-4/h5-6,11,16H,7H2,1-4H3,(H,15,17). The smallest absolute Gasteiger partial charge is 0.336 e. The first-order chi connectivity index (χ1) is 8.86. The summed E-state index contributed by atoms with van der Waals surface area (Å²) >= 11 is 0. The number of aryl methyl sites for hydroxylation is 3. The molecule has 1 unspecified atom stereocenters. The maximum Gasteiger partial charge on any atom is 0.336 e. The van der Waals surface area contributed by atoms with E-state index in [0.29, 0.717) is 5.56 Å². The largest absolute Gasteiger partial charge is 0.467 e. The molecule has 104 valence electrons. The Kier molecular flexibility index (Phi) is 5.06. The van der Waals surface area contributed by atoms with Gasteiger partial charge in [0.1, 0.15) is 0 Å². The van der Waals surface area contributed by atoms with Crippen molar-refractivity contribution in [1.29, 1.82) is 0 Å². The number of carbonyl (C=O) groups is 2. The van der Waals surface area contributed by atoms with Crippen molar-refractivity contribution in [3.63, 3.8) is 0 Å². The van der Waals surface area contributed by atoms with Crippen molar-refractivity contribution in [2.45, 2.75) is 26.9 Å². The van der Waals surface area contributed by atoms with E-state index in [2.05, 4.69) is 10.1 Å². The van der Waals surface area contributed by atoms with E-state index >= 15 is 0 Å². The number of nitrogens with one attached hydrogen (secondary N) is 1. The van der Waals surface area contributed by atoms with Crippen LogP contribution in [0, 0.1) is 20.8 Å². The number of esters is 1. The summed E-state index contributed by atoms with van der Waals surface area (Å²) in [6, 6.07) is 3.83. The summed E-state index contributed by atoms with van der Waals surface area (Å²) in [6.45, 7) is 5.50. The Morgan fingerprint density at radius 3 is 2.26 bits per heavy atom. The highest BCUT2D eigenvalue weighted by molar-refractivity contribution is 5.97. The number of aliphatic hydroxyl groups excluding tert-OH is 1. The summed E-state index contributed by atoms with van der Waals surface area (Å²) in [5, 5.41) is 11.9. The van der Waals surface area contributed by atoms with Crippen molar-refractivity contribution in [1.82, 2.24) is 5.32 Å². The van der Waals surface area contributed by atoms with Gasteiger partial charge in [0.2, 0.25) is 0 Å². The predicted octanol–water partition coefficient (Wildman–Crippen LogP) is 0.876. The van der Waals surface area contributed by atoms with Crippen LogP contribution in [0.5, 0.6) is 0 Å². The number of hydrogen-bond acceptors (Lipinski definition) is 4. The molecule has 0 radical (unpaired) electrons. The molecule has 0 aliphatic carbocycles. The number of hydrogen-bond donors (Lipinski definition) is 2. The van der Waals surface area contributed by atoms with E-state index in [1.165, 1.54) is 7.11 Å². The van der Waals surface area contributed by atoms with E-state index in [1.54, 1.807) is 0 Å². The van der Waals surface area contributed by atoms with Crippen LogP contribution in [-0.4, -0.2) is 36.7 Å². The molecule has 0 aromatic heterocycles. The maximum absolute atomic E-state index is 12.0. The van der Waals surface area contributed by atoms with E-state index in [4.69, 9.17) is 0 Å². The SMILES string of the molecule is COC(=O)C(O)CNC(=O)c1c(C)cc(C)cc1C. The normalized spacial score (nSPS) is 11.8. The van der Waals surface area contributed by atoms with Gasteiger partial charge in [0.25, 0.3) is 5.91 Å². The zero-order chi connectivity index (χ0) is 14.6. The number of methoxy groups -OCH3 is 1. The summed E-state index contributed by atoms with van der Waals surface area (Å²) < 4.78 is 4.37. The molecular formula is C14H19NO4. The van der Waals surface area contributed by atoms with Gasteiger partial charge < -0.3 is 15.2 Å². The molecule has 0 spiro atoms. The van der Waals surface area contributed by atoms with Gasteiger partial charge >= 0.3 is 5.97 Å². The highest BCUT2D eigenvalue weighted by Gasteiger charge is 2.18. The van der Waals surface area contributed by atoms with E-state index in [-0.39, 0.29) is 12.5 Å². The van der Waals surface area contributed by atoms with Gasteiger partial charge in [-0.1, -0.05) is 17.7 Å². The van der Waals surface area contributed by atoms with Crippen LogP contribution in [0.25, 0.3) is 0 Å². The van der Waals surface area contributed by atoms with Gasteiger partial charge in [-0.2, -0.15) is 0 Å². The Balaban J connectivity index is 2.77. The Labute approximate surface area is 112 Å². The molecule has 1 amide bonds. The lowest BCUT2D eigenvalue weighted by atomic mass is 9.99. The summed E-state index contributed by atoms with van der Waals surface area (Å²) in [4.78, 5) is 23.1. The second-order valence-corrected chi connectivity index (χ2v) is 4.52. The van der Waals surface area contributed by atoms with Crippen LogP contribution in [0.1, 0.15) is 27.0 Å². The van der Waals surface area contributed by atoms with Gasteiger partial charge in [-0.15, -0.1) is 0 Å². The first kappa shape index (κ1) is 15.2. The number of carbonyl (C=O) groups excluding carboxylic acids is 2. The van der Waals surface area contributed by atoms with Crippen molar-refractivity contribution in [2.24, 2.45) is 0 Å². The highest BCUT2D eigenvalue weighted by atomic mass is 16.5. The Bertz CT molecular complexity index is 473. The maximum atomic E-state index is 12.0. The molecule has 19 heavy (non-hydrogen) atoms. The quantitative estimate of drug-likeness (QED) is 0.792. The molecule has 0 fully saturated rings. The van der Waals surface area contributed by atoms with E-state index < -0.39 is 12.1 Å². The lowest BCUT2D eigenvalue weighted by Crippen LogP contribution is -2.37. The molecule has 5 nitrogen and oxygen atoms in total. The third-order valence-corrected chi connectivity index (χ3v) is 2.83. The minimum Gasteiger partial charge on any atom is -0.467 e. The molecule has 0 aliphatic heterocycles. The van der Waals surface area contributed by atoms with Gasteiger partial charge in [0.05, 0.1) is 13.7 Å². The lowest BCUT2D eigenvalue weighted by Gasteiger charge is -2.13. The van der Waals surface area contributed by atoms with Gasteiger partial charge in [-0.3, -0.25) is 4.79 Å². The topological polar surface area (TPSA) is 75.6 Å². The van der Waals surface area contributed by atoms with Crippen LogP contribution in [0.3, 0.4) is 0 Å². The molecule has 0 heterocycles. The summed E-state index contributed by atoms with van der Waals surface area (Å²) in [5.74, 6) is -1.07. The monoisotopic (exact) mass is 265 g/mol. The molecule has 1 aromatic carbocycles. The van der Waals surface area contributed by atoms with Gasteiger partial charge in [-0.25, -0.2) is 4.79 Å². The van der Waals surface area contributed by atoms with Gasteiger partial charge in [0, 0.05) is 5.56 Å². The molecule has 1 atom stereocenters. The third kappa shape index (κ3) is 3.79. The number of amides is 1. The number of rotatable bonds is 4. The van der Waals surface area contributed by atoms with Crippen molar-refractivity contribution in [3.05, 3.63) is 34.4 Å². The molecule has 0 bridgehead atoms. The molecule has 5 heteroatoms. The van der Waals surface area contributed by atoms with Crippen molar-refractivity contribution in [2.75, 3.05) is 13.7 Å². The van der Waals surface area contributed by atoms with Gasteiger partial charge in [-0.05, 0) is 31.9 Å². The molecular weight excluding hydrogens is 246 g/mol. The highest BCUT2D eigenvalue weighted by Crippen LogP contribution is 2.16. The molecule has 1 rings (SSSR count).